The highest BCUT2D eigenvalue weighted by Crippen LogP contribution is 2.24. The molecule has 31 heavy (non-hydrogen) atoms. The van der Waals surface area contributed by atoms with Gasteiger partial charge in [-0.05, 0) is 57.5 Å². The van der Waals surface area contributed by atoms with Crippen molar-refractivity contribution in [3.63, 3.8) is 0 Å². The van der Waals surface area contributed by atoms with Gasteiger partial charge in [0.15, 0.2) is 6.10 Å². The zero-order valence-electron chi connectivity index (χ0n) is 18.2. The lowest BCUT2D eigenvalue weighted by molar-refractivity contribution is -0.123. The smallest absolute Gasteiger partial charge is 0.338 e. The van der Waals surface area contributed by atoms with Gasteiger partial charge in [-0.15, -0.1) is 0 Å². The van der Waals surface area contributed by atoms with Crippen LogP contribution in [0.25, 0.3) is 0 Å². The summed E-state index contributed by atoms with van der Waals surface area (Å²) in [5, 5.41) is 8.18. The van der Waals surface area contributed by atoms with Crippen LogP contribution in [0.5, 0.6) is 5.75 Å². The number of hydrogen-bond acceptors (Lipinski definition) is 5. The number of carbonyl (C=O) groups is 3. The Kier molecular flexibility index (Phi) is 8.87. The van der Waals surface area contributed by atoms with Crippen LogP contribution in [0.3, 0.4) is 0 Å². The fraction of sp³-hybridized carbons (Fsp3) is 0.348. The number of urea groups is 1. The van der Waals surface area contributed by atoms with E-state index in [1.54, 1.807) is 48.5 Å². The van der Waals surface area contributed by atoms with Gasteiger partial charge in [-0.2, -0.15) is 0 Å². The van der Waals surface area contributed by atoms with Gasteiger partial charge in [0, 0.05) is 12.6 Å². The molecule has 2 aromatic carbocycles. The molecule has 3 N–H and O–H groups in total. The molecule has 2 rings (SSSR count). The Labute approximate surface area is 182 Å². The van der Waals surface area contributed by atoms with Crippen molar-refractivity contribution in [3.8, 4) is 5.75 Å². The number of para-hydroxylation sites is 2. The number of benzene rings is 2. The average Bonchev–Trinajstić information content (AvgIpc) is 2.73. The number of anilines is 1. The van der Waals surface area contributed by atoms with E-state index in [2.05, 4.69) is 16.0 Å². The summed E-state index contributed by atoms with van der Waals surface area (Å²) in [6, 6.07) is 13.4. The summed E-state index contributed by atoms with van der Waals surface area (Å²) in [7, 11) is 0. The van der Waals surface area contributed by atoms with Gasteiger partial charge in [-0.1, -0.05) is 24.3 Å². The van der Waals surface area contributed by atoms with E-state index >= 15 is 0 Å². The van der Waals surface area contributed by atoms with Crippen LogP contribution in [0.1, 0.15) is 43.6 Å². The molecule has 0 saturated carbocycles. The second-order valence-corrected chi connectivity index (χ2v) is 7.14. The third-order valence-corrected chi connectivity index (χ3v) is 4.16. The standard InChI is InChI=1S/C23H29N3O5/c1-5-30-20-9-7-6-8-19(20)26-21(27)16(4)31-22(28)18-12-10-17(11-13-18)14-24-23(29)25-15(2)3/h6-13,15-16H,5,14H2,1-4H3,(H,26,27)(H2,24,25,29)/t16-/m0/s1. The lowest BCUT2D eigenvalue weighted by Gasteiger charge is -2.16. The molecule has 3 amide bonds. The highest BCUT2D eigenvalue weighted by atomic mass is 16.5. The van der Waals surface area contributed by atoms with Crippen LogP contribution in [0.15, 0.2) is 48.5 Å². The Morgan fingerprint density at radius 1 is 0.968 bits per heavy atom. The van der Waals surface area contributed by atoms with Crippen LogP contribution < -0.4 is 20.7 Å². The average molecular weight is 428 g/mol. The number of rotatable bonds is 9. The molecular formula is C23H29N3O5. The lowest BCUT2D eigenvalue weighted by Crippen LogP contribution is -2.39. The van der Waals surface area contributed by atoms with Gasteiger partial charge in [-0.25, -0.2) is 9.59 Å². The molecule has 0 aromatic heterocycles. The fourth-order valence-corrected chi connectivity index (χ4v) is 2.62. The highest BCUT2D eigenvalue weighted by Gasteiger charge is 2.20. The number of nitrogens with one attached hydrogen (secondary N) is 3. The Bertz CT molecular complexity index is 896. The van der Waals surface area contributed by atoms with Crippen LogP contribution in [0.4, 0.5) is 10.5 Å². The van der Waals surface area contributed by atoms with E-state index in [4.69, 9.17) is 9.47 Å². The van der Waals surface area contributed by atoms with Gasteiger partial charge >= 0.3 is 12.0 Å². The maximum Gasteiger partial charge on any atom is 0.338 e. The molecule has 0 radical (unpaired) electrons. The minimum absolute atomic E-state index is 0.0454. The van der Waals surface area contributed by atoms with Crippen LogP contribution in [0, 0.1) is 0 Å². The third kappa shape index (κ3) is 7.65. The number of hydrogen-bond donors (Lipinski definition) is 3. The molecule has 0 aliphatic heterocycles. The van der Waals surface area contributed by atoms with Gasteiger partial charge in [0.2, 0.25) is 0 Å². The predicted molar refractivity (Wildman–Crippen MR) is 118 cm³/mol. The van der Waals surface area contributed by atoms with Gasteiger partial charge in [0.05, 0.1) is 17.9 Å². The zero-order valence-corrected chi connectivity index (χ0v) is 18.2. The first-order chi connectivity index (χ1) is 14.8. The molecule has 0 bridgehead atoms. The minimum atomic E-state index is -0.997. The number of amides is 3. The summed E-state index contributed by atoms with van der Waals surface area (Å²) < 4.78 is 10.8. The first kappa shape index (κ1) is 23.7. The van der Waals surface area contributed by atoms with Crippen LogP contribution in [-0.4, -0.2) is 36.7 Å². The monoisotopic (exact) mass is 427 g/mol. The van der Waals surface area contributed by atoms with E-state index in [1.807, 2.05) is 20.8 Å². The third-order valence-electron chi connectivity index (χ3n) is 4.16. The Morgan fingerprint density at radius 3 is 2.29 bits per heavy atom. The molecule has 0 heterocycles. The van der Waals surface area contributed by atoms with Gasteiger partial charge in [-0.3, -0.25) is 4.79 Å². The second kappa shape index (κ2) is 11.6. The summed E-state index contributed by atoms with van der Waals surface area (Å²) in [4.78, 5) is 36.4. The maximum absolute atomic E-state index is 12.4. The highest BCUT2D eigenvalue weighted by molar-refractivity contribution is 5.98. The number of esters is 1. The summed E-state index contributed by atoms with van der Waals surface area (Å²) in [6.45, 7) is 7.89. The molecule has 8 heteroatoms. The summed E-state index contributed by atoms with van der Waals surface area (Å²) in [5.74, 6) is -0.529. The predicted octanol–water partition coefficient (Wildman–Crippen LogP) is 3.48. The van der Waals surface area contributed by atoms with Crippen molar-refractivity contribution >= 4 is 23.6 Å². The Balaban J connectivity index is 1.89. The van der Waals surface area contributed by atoms with E-state index < -0.39 is 18.0 Å². The van der Waals surface area contributed by atoms with E-state index in [0.29, 0.717) is 30.2 Å². The minimum Gasteiger partial charge on any atom is -0.492 e. The maximum atomic E-state index is 12.4. The molecular weight excluding hydrogens is 398 g/mol. The first-order valence-electron chi connectivity index (χ1n) is 10.2. The quantitative estimate of drug-likeness (QED) is 0.532. The Morgan fingerprint density at radius 2 is 1.65 bits per heavy atom. The van der Waals surface area contributed by atoms with E-state index in [9.17, 15) is 14.4 Å². The molecule has 0 aliphatic rings. The van der Waals surface area contributed by atoms with Crippen LogP contribution >= 0.6 is 0 Å². The molecule has 1 atom stereocenters. The van der Waals surface area contributed by atoms with Crippen LogP contribution in [-0.2, 0) is 16.1 Å². The fourth-order valence-electron chi connectivity index (χ4n) is 2.62. The number of ether oxygens (including phenoxy) is 2. The van der Waals surface area contributed by atoms with Crippen molar-refractivity contribution in [2.24, 2.45) is 0 Å². The van der Waals surface area contributed by atoms with Gasteiger partial charge < -0.3 is 25.4 Å². The van der Waals surface area contributed by atoms with Crippen molar-refractivity contribution in [2.45, 2.75) is 46.4 Å². The molecule has 8 nitrogen and oxygen atoms in total. The SMILES string of the molecule is CCOc1ccccc1NC(=O)[C@H](C)OC(=O)c1ccc(CNC(=O)NC(C)C)cc1. The Hall–Kier alpha value is -3.55. The molecule has 0 fully saturated rings. The summed E-state index contributed by atoms with van der Waals surface area (Å²) in [5.41, 5.74) is 1.65. The van der Waals surface area contributed by atoms with Gasteiger partial charge in [0.25, 0.3) is 5.91 Å². The van der Waals surface area contributed by atoms with Crippen molar-refractivity contribution in [1.82, 2.24) is 10.6 Å². The summed E-state index contributed by atoms with van der Waals surface area (Å²) in [6.07, 6.45) is -0.997. The van der Waals surface area contributed by atoms with E-state index in [0.717, 1.165) is 5.56 Å². The molecule has 0 saturated heterocycles. The topological polar surface area (TPSA) is 106 Å². The van der Waals surface area contributed by atoms with Crippen LogP contribution in [0.2, 0.25) is 0 Å². The van der Waals surface area contributed by atoms with Crippen molar-refractivity contribution in [3.05, 3.63) is 59.7 Å². The van der Waals surface area contributed by atoms with E-state index in [1.165, 1.54) is 6.92 Å². The molecule has 0 aliphatic carbocycles. The molecule has 0 spiro atoms. The summed E-state index contributed by atoms with van der Waals surface area (Å²) >= 11 is 0. The van der Waals surface area contributed by atoms with Gasteiger partial charge in [0.1, 0.15) is 5.75 Å². The van der Waals surface area contributed by atoms with Crippen molar-refractivity contribution in [1.29, 1.82) is 0 Å². The molecule has 2 aromatic rings. The number of carbonyl (C=O) groups excluding carboxylic acids is 3. The first-order valence-corrected chi connectivity index (χ1v) is 10.2. The second-order valence-electron chi connectivity index (χ2n) is 7.14. The molecule has 0 unspecified atom stereocenters. The molecule has 166 valence electrons. The zero-order chi connectivity index (χ0) is 22.8. The van der Waals surface area contributed by atoms with Crippen molar-refractivity contribution in [2.75, 3.05) is 11.9 Å². The normalized spacial score (nSPS) is 11.4. The van der Waals surface area contributed by atoms with E-state index in [-0.39, 0.29) is 12.1 Å². The lowest BCUT2D eigenvalue weighted by atomic mass is 10.1. The van der Waals surface area contributed by atoms with Crippen molar-refractivity contribution < 1.29 is 23.9 Å². The largest absolute Gasteiger partial charge is 0.492 e.